The van der Waals surface area contributed by atoms with Gasteiger partial charge in [0.05, 0.1) is 17.6 Å². The summed E-state index contributed by atoms with van der Waals surface area (Å²) in [6.07, 6.45) is -0.572. The maximum atomic E-state index is 12.8. The smallest absolute Gasteiger partial charge is 0.267 e. The molecule has 1 saturated heterocycles. The number of ether oxygens (including phenoxy) is 2. The van der Waals surface area contributed by atoms with Crippen molar-refractivity contribution < 1.29 is 14.3 Å². The highest BCUT2D eigenvalue weighted by molar-refractivity contribution is 5.82. The standard InChI is InChI=1S/C21H22N4O3/c26-21(19-14-27-17-7-3-4-8-18(17)28-19)25-11-9-24(10-12-25)13-20-22-15-5-1-2-6-16(15)23-20/h1-8,19H,9-14H2,(H,22,23). The minimum absolute atomic E-state index is 0.00195. The third kappa shape index (κ3) is 3.29. The molecule has 7 heteroatoms. The highest BCUT2D eigenvalue weighted by Gasteiger charge is 2.32. The number of hydrogen-bond acceptors (Lipinski definition) is 5. The highest BCUT2D eigenvalue weighted by atomic mass is 16.6. The van der Waals surface area contributed by atoms with Gasteiger partial charge in [-0.3, -0.25) is 9.69 Å². The zero-order valence-corrected chi connectivity index (χ0v) is 15.5. The van der Waals surface area contributed by atoms with Crippen LogP contribution in [0.5, 0.6) is 11.5 Å². The summed E-state index contributed by atoms with van der Waals surface area (Å²) in [5, 5.41) is 0. The van der Waals surface area contributed by atoms with Gasteiger partial charge in [-0.15, -0.1) is 0 Å². The van der Waals surface area contributed by atoms with Crippen molar-refractivity contribution >= 4 is 16.9 Å². The molecule has 5 rings (SSSR count). The summed E-state index contributed by atoms with van der Waals surface area (Å²) >= 11 is 0. The van der Waals surface area contributed by atoms with Crippen molar-refractivity contribution in [2.45, 2.75) is 12.6 Å². The predicted molar refractivity (Wildman–Crippen MR) is 104 cm³/mol. The van der Waals surface area contributed by atoms with Crippen molar-refractivity contribution in [3.63, 3.8) is 0 Å². The van der Waals surface area contributed by atoms with Crippen LogP contribution in [0.3, 0.4) is 0 Å². The predicted octanol–water partition coefficient (Wildman–Crippen LogP) is 2.05. The Bertz CT molecular complexity index is 961. The van der Waals surface area contributed by atoms with E-state index in [1.807, 2.05) is 53.4 Å². The number of aromatic amines is 1. The van der Waals surface area contributed by atoms with E-state index >= 15 is 0 Å². The molecular weight excluding hydrogens is 356 g/mol. The Hall–Kier alpha value is -3.06. The number of para-hydroxylation sites is 4. The molecule has 144 valence electrons. The second kappa shape index (κ2) is 7.16. The summed E-state index contributed by atoms with van der Waals surface area (Å²) in [4.78, 5) is 25.0. The van der Waals surface area contributed by atoms with E-state index in [2.05, 4.69) is 14.9 Å². The van der Waals surface area contributed by atoms with E-state index in [1.165, 1.54) is 0 Å². The topological polar surface area (TPSA) is 70.7 Å². The molecular formula is C21H22N4O3. The molecule has 3 aromatic rings. The number of aromatic nitrogens is 2. The summed E-state index contributed by atoms with van der Waals surface area (Å²) in [6, 6.07) is 15.5. The molecule has 2 aliphatic heterocycles. The molecule has 7 nitrogen and oxygen atoms in total. The quantitative estimate of drug-likeness (QED) is 0.755. The highest BCUT2D eigenvalue weighted by Crippen LogP contribution is 2.31. The Labute approximate surface area is 162 Å². The molecule has 1 unspecified atom stereocenters. The van der Waals surface area contributed by atoms with Crippen LogP contribution in [0.1, 0.15) is 5.82 Å². The third-order valence-corrected chi connectivity index (χ3v) is 5.28. The molecule has 0 bridgehead atoms. The minimum Gasteiger partial charge on any atom is -0.485 e. The minimum atomic E-state index is -0.572. The van der Waals surface area contributed by atoms with Crippen LogP contribution in [0.2, 0.25) is 0 Å². The van der Waals surface area contributed by atoms with Crippen molar-refractivity contribution in [2.24, 2.45) is 0 Å². The molecule has 1 fully saturated rings. The Morgan fingerprint density at radius 2 is 1.79 bits per heavy atom. The zero-order chi connectivity index (χ0) is 18.9. The summed E-state index contributed by atoms with van der Waals surface area (Å²) in [7, 11) is 0. The van der Waals surface area contributed by atoms with E-state index in [0.717, 1.165) is 36.5 Å². The lowest BCUT2D eigenvalue weighted by Crippen LogP contribution is -2.53. The van der Waals surface area contributed by atoms with Gasteiger partial charge in [0, 0.05) is 26.2 Å². The fourth-order valence-electron chi connectivity index (χ4n) is 3.76. The van der Waals surface area contributed by atoms with E-state index in [4.69, 9.17) is 9.47 Å². The lowest BCUT2D eigenvalue weighted by Gasteiger charge is -2.36. The maximum absolute atomic E-state index is 12.8. The molecule has 0 saturated carbocycles. The number of rotatable bonds is 3. The molecule has 0 radical (unpaired) electrons. The lowest BCUT2D eigenvalue weighted by molar-refractivity contribution is -0.143. The molecule has 0 spiro atoms. The fraction of sp³-hybridized carbons (Fsp3) is 0.333. The van der Waals surface area contributed by atoms with Gasteiger partial charge in [-0.25, -0.2) is 4.98 Å². The molecule has 28 heavy (non-hydrogen) atoms. The molecule has 1 atom stereocenters. The van der Waals surface area contributed by atoms with E-state index in [0.29, 0.717) is 24.6 Å². The van der Waals surface area contributed by atoms with E-state index in [1.54, 1.807) is 0 Å². The number of imidazole rings is 1. The normalized spacial score (nSPS) is 19.7. The van der Waals surface area contributed by atoms with Crippen molar-refractivity contribution in [3.05, 3.63) is 54.4 Å². The van der Waals surface area contributed by atoms with Gasteiger partial charge in [-0.05, 0) is 24.3 Å². The fourth-order valence-corrected chi connectivity index (χ4v) is 3.76. The van der Waals surface area contributed by atoms with Gasteiger partial charge in [-0.1, -0.05) is 24.3 Å². The molecule has 1 amide bonds. The third-order valence-electron chi connectivity index (χ3n) is 5.28. The summed E-state index contributed by atoms with van der Waals surface area (Å²) in [5.74, 6) is 2.29. The molecule has 1 aromatic heterocycles. The largest absolute Gasteiger partial charge is 0.485 e. The average Bonchev–Trinajstić information content (AvgIpc) is 3.16. The molecule has 0 aliphatic carbocycles. The molecule has 2 aliphatic rings. The van der Waals surface area contributed by atoms with Gasteiger partial charge in [-0.2, -0.15) is 0 Å². The lowest BCUT2D eigenvalue weighted by atomic mass is 10.2. The molecule has 2 aromatic carbocycles. The van der Waals surface area contributed by atoms with Crippen LogP contribution in [-0.4, -0.2) is 64.6 Å². The van der Waals surface area contributed by atoms with Crippen molar-refractivity contribution in [1.82, 2.24) is 19.8 Å². The van der Waals surface area contributed by atoms with Crippen LogP contribution >= 0.6 is 0 Å². The first kappa shape index (κ1) is 17.1. The van der Waals surface area contributed by atoms with Gasteiger partial charge in [0.2, 0.25) is 6.10 Å². The Morgan fingerprint density at radius 3 is 2.61 bits per heavy atom. The van der Waals surface area contributed by atoms with Gasteiger partial charge in [0.1, 0.15) is 12.4 Å². The van der Waals surface area contributed by atoms with E-state index in [-0.39, 0.29) is 12.5 Å². The Kier molecular flexibility index (Phi) is 4.37. The number of nitrogens with one attached hydrogen (secondary N) is 1. The van der Waals surface area contributed by atoms with Crippen LogP contribution in [0, 0.1) is 0 Å². The monoisotopic (exact) mass is 378 g/mol. The number of hydrogen-bond donors (Lipinski definition) is 1. The van der Waals surface area contributed by atoms with E-state index < -0.39 is 6.10 Å². The van der Waals surface area contributed by atoms with Crippen molar-refractivity contribution in [1.29, 1.82) is 0 Å². The van der Waals surface area contributed by atoms with Crippen molar-refractivity contribution in [3.8, 4) is 11.5 Å². The zero-order valence-electron chi connectivity index (χ0n) is 15.5. The maximum Gasteiger partial charge on any atom is 0.267 e. The number of fused-ring (bicyclic) bond motifs is 2. The first-order valence-electron chi connectivity index (χ1n) is 9.59. The van der Waals surface area contributed by atoms with E-state index in [9.17, 15) is 4.79 Å². The average molecular weight is 378 g/mol. The van der Waals surface area contributed by atoms with Crippen molar-refractivity contribution in [2.75, 3.05) is 32.8 Å². The number of benzene rings is 2. The molecule has 1 N–H and O–H groups in total. The second-order valence-electron chi connectivity index (χ2n) is 7.17. The first-order chi connectivity index (χ1) is 13.8. The Balaban J connectivity index is 1.17. The van der Waals surface area contributed by atoms with Crippen LogP contribution in [0.25, 0.3) is 11.0 Å². The first-order valence-corrected chi connectivity index (χ1v) is 9.59. The van der Waals surface area contributed by atoms with Gasteiger partial charge >= 0.3 is 0 Å². The second-order valence-corrected chi connectivity index (χ2v) is 7.17. The van der Waals surface area contributed by atoms with Crippen LogP contribution in [0.15, 0.2) is 48.5 Å². The SMILES string of the molecule is O=C(C1COc2ccccc2O1)N1CCN(Cc2nc3ccccc3[nH]2)CC1. The van der Waals surface area contributed by atoms with Gasteiger partial charge in [0.25, 0.3) is 5.91 Å². The number of carbonyl (C=O) groups is 1. The number of piperazine rings is 1. The van der Waals surface area contributed by atoms with Crippen LogP contribution in [0.4, 0.5) is 0 Å². The number of amides is 1. The number of carbonyl (C=O) groups excluding carboxylic acids is 1. The summed E-state index contributed by atoms with van der Waals surface area (Å²) in [6.45, 7) is 4.00. The van der Waals surface area contributed by atoms with Crippen LogP contribution < -0.4 is 9.47 Å². The van der Waals surface area contributed by atoms with Gasteiger partial charge in [0.15, 0.2) is 11.5 Å². The Morgan fingerprint density at radius 1 is 1.04 bits per heavy atom. The number of H-pyrrole nitrogens is 1. The molecule has 3 heterocycles. The number of nitrogens with zero attached hydrogens (tertiary/aromatic N) is 3. The van der Waals surface area contributed by atoms with Gasteiger partial charge < -0.3 is 19.4 Å². The van der Waals surface area contributed by atoms with Crippen LogP contribution in [-0.2, 0) is 11.3 Å². The summed E-state index contributed by atoms with van der Waals surface area (Å²) < 4.78 is 11.5. The summed E-state index contributed by atoms with van der Waals surface area (Å²) in [5.41, 5.74) is 2.04.